The highest BCUT2D eigenvalue weighted by molar-refractivity contribution is 5.85. The first-order valence-electron chi connectivity index (χ1n) is 6.21. The number of halogens is 1. The zero-order chi connectivity index (χ0) is 9.97. The van der Waals surface area contributed by atoms with Gasteiger partial charge in [-0.15, -0.1) is 12.4 Å². The van der Waals surface area contributed by atoms with E-state index in [1.807, 2.05) is 0 Å². The van der Waals surface area contributed by atoms with Crippen LogP contribution in [0, 0.1) is 11.8 Å². The Morgan fingerprint density at radius 3 is 2.87 bits per heavy atom. The Morgan fingerprint density at radius 1 is 1.33 bits per heavy atom. The van der Waals surface area contributed by atoms with Crippen LogP contribution in [-0.4, -0.2) is 37.1 Å². The molecule has 0 aromatic carbocycles. The van der Waals surface area contributed by atoms with E-state index in [4.69, 9.17) is 0 Å². The Hall–Kier alpha value is 0.210. The highest BCUT2D eigenvalue weighted by Crippen LogP contribution is 2.25. The second kappa shape index (κ2) is 6.07. The van der Waals surface area contributed by atoms with Crippen molar-refractivity contribution < 1.29 is 0 Å². The zero-order valence-corrected chi connectivity index (χ0v) is 10.9. The molecule has 0 aliphatic carbocycles. The summed E-state index contributed by atoms with van der Waals surface area (Å²) in [6.07, 6.45) is 4.20. The normalized spacial score (nSPS) is 31.4. The van der Waals surface area contributed by atoms with Crippen LogP contribution in [0.1, 0.15) is 33.1 Å². The van der Waals surface area contributed by atoms with Gasteiger partial charge in [-0.2, -0.15) is 0 Å². The molecule has 2 saturated heterocycles. The van der Waals surface area contributed by atoms with Gasteiger partial charge < -0.3 is 10.2 Å². The lowest BCUT2D eigenvalue weighted by Gasteiger charge is -2.35. The Bertz CT molecular complexity index is 184. The van der Waals surface area contributed by atoms with Gasteiger partial charge in [0.1, 0.15) is 0 Å². The molecular formula is C12H25ClN2. The quantitative estimate of drug-likeness (QED) is 0.802. The average Bonchev–Trinajstić information content (AvgIpc) is 2.61. The van der Waals surface area contributed by atoms with Crippen LogP contribution in [0.3, 0.4) is 0 Å². The predicted molar refractivity (Wildman–Crippen MR) is 67.7 cm³/mol. The largest absolute Gasteiger partial charge is 0.312 e. The molecule has 2 atom stereocenters. The van der Waals surface area contributed by atoms with E-state index in [1.54, 1.807) is 0 Å². The monoisotopic (exact) mass is 232 g/mol. The Morgan fingerprint density at radius 2 is 2.13 bits per heavy atom. The molecule has 90 valence electrons. The van der Waals surface area contributed by atoms with E-state index >= 15 is 0 Å². The van der Waals surface area contributed by atoms with Crippen LogP contribution in [0.4, 0.5) is 0 Å². The topological polar surface area (TPSA) is 15.3 Å². The van der Waals surface area contributed by atoms with E-state index in [2.05, 4.69) is 24.1 Å². The lowest BCUT2D eigenvalue weighted by Crippen LogP contribution is -2.46. The van der Waals surface area contributed by atoms with Crippen LogP contribution in [-0.2, 0) is 0 Å². The summed E-state index contributed by atoms with van der Waals surface area (Å²) in [6.45, 7) is 9.85. The molecule has 2 heterocycles. The third-order valence-electron chi connectivity index (χ3n) is 3.78. The molecule has 0 aromatic heterocycles. The summed E-state index contributed by atoms with van der Waals surface area (Å²) in [5.41, 5.74) is 0. The van der Waals surface area contributed by atoms with Gasteiger partial charge in [0.2, 0.25) is 0 Å². The fourth-order valence-electron chi connectivity index (χ4n) is 2.74. The van der Waals surface area contributed by atoms with Crippen LogP contribution >= 0.6 is 12.4 Å². The first-order valence-corrected chi connectivity index (χ1v) is 6.21. The molecule has 15 heavy (non-hydrogen) atoms. The molecule has 1 N–H and O–H groups in total. The van der Waals surface area contributed by atoms with Crippen molar-refractivity contribution in [1.82, 2.24) is 10.2 Å². The minimum absolute atomic E-state index is 0. The van der Waals surface area contributed by atoms with Gasteiger partial charge in [0.15, 0.2) is 0 Å². The maximum atomic E-state index is 3.63. The highest BCUT2D eigenvalue weighted by atomic mass is 35.5. The number of likely N-dealkylation sites (tertiary alicyclic amines) is 1. The van der Waals surface area contributed by atoms with Crippen LogP contribution in [0.25, 0.3) is 0 Å². The molecular weight excluding hydrogens is 208 g/mol. The molecule has 0 aromatic rings. The van der Waals surface area contributed by atoms with Gasteiger partial charge >= 0.3 is 0 Å². The van der Waals surface area contributed by atoms with Crippen molar-refractivity contribution in [3.05, 3.63) is 0 Å². The number of fused-ring (bicyclic) bond motifs is 1. The van der Waals surface area contributed by atoms with Gasteiger partial charge in [0, 0.05) is 12.6 Å². The van der Waals surface area contributed by atoms with Crippen LogP contribution in [0.5, 0.6) is 0 Å². The molecule has 2 fully saturated rings. The number of nitrogens with zero attached hydrogens (tertiary/aromatic N) is 1. The van der Waals surface area contributed by atoms with Crippen molar-refractivity contribution >= 4 is 12.4 Å². The summed E-state index contributed by atoms with van der Waals surface area (Å²) in [6, 6.07) is 0.816. The second-order valence-corrected chi connectivity index (χ2v) is 5.38. The van der Waals surface area contributed by atoms with Crippen molar-refractivity contribution in [2.75, 3.05) is 26.2 Å². The fourth-order valence-corrected chi connectivity index (χ4v) is 2.74. The van der Waals surface area contributed by atoms with Crippen LogP contribution < -0.4 is 5.32 Å². The molecule has 2 rings (SSSR count). The summed E-state index contributed by atoms with van der Waals surface area (Å²) in [7, 11) is 0. The molecule has 2 nitrogen and oxygen atoms in total. The van der Waals surface area contributed by atoms with E-state index in [0.717, 1.165) is 17.9 Å². The average molecular weight is 233 g/mol. The number of rotatable bonds is 3. The van der Waals surface area contributed by atoms with Crippen molar-refractivity contribution in [3.8, 4) is 0 Å². The van der Waals surface area contributed by atoms with Crippen molar-refractivity contribution in [1.29, 1.82) is 0 Å². The van der Waals surface area contributed by atoms with Crippen molar-refractivity contribution in [2.24, 2.45) is 11.8 Å². The number of hydrogen-bond donors (Lipinski definition) is 1. The lowest BCUT2D eigenvalue weighted by atomic mass is 9.92. The molecule has 2 unspecified atom stereocenters. The summed E-state index contributed by atoms with van der Waals surface area (Å²) in [4.78, 5) is 2.65. The minimum atomic E-state index is 0. The standard InChI is InChI=1S/C12H24N2.ClH/c1-10(2)4-7-14-8-5-11-3-6-13-12(11)9-14;/h10-13H,3-9H2,1-2H3;1H. The number of nitrogens with one attached hydrogen (secondary N) is 1. The predicted octanol–water partition coefficient (Wildman–Crippen LogP) is 2.14. The van der Waals surface area contributed by atoms with Crippen LogP contribution in [0.15, 0.2) is 0 Å². The van der Waals surface area contributed by atoms with Gasteiger partial charge in [0.25, 0.3) is 0 Å². The Labute approximate surface area is 100 Å². The van der Waals surface area contributed by atoms with Gasteiger partial charge in [-0.25, -0.2) is 0 Å². The van der Waals surface area contributed by atoms with Crippen LogP contribution in [0.2, 0.25) is 0 Å². The number of piperidine rings is 1. The van der Waals surface area contributed by atoms with E-state index in [-0.39, 0.29) is 12.4 Å². The molecule has 0 radical (unpaired) electrons. The van der Waals surface area contributed by atoms with Gasteiger partial charge in [-0.05, 0) is 50.7 Å². The van der Waals surface area contributed by atoms with Crippen molar-refractivity contribution in [3.63, 3.8) is 0 Å². The Balaban J connectivity index is 0.00000112. The summed E-state index contributed by atoms with van der Waals surface area (Å²) >= 11 is 0. The van der Waals surface area contributed by atoms with E-state index < -0.39 is 0 Å². The van der Waals surface area contributed by atoms with E-state index in [0.29, 0.717) is 0 Å². The maximum Gasteiger partial charge on any atom is 0.0224 e. The zero-order valence-electron chi connectivity index (χ0n) is 10.0. The molecule has 0 amide bonds. The van der Waals surface area contributed by atoms with Gasteiger partial charge in [-0.1, -0.05) is 13.8 Å². The maximum absolute atomic E-state index is 3.63. The molecule has 3 heteroatoms. The van der Waals surface area contributed by atoms with Crippen molar-refractivity contribution in [2.45, 2.75) is 39.2 Å². The molecule has 0 bridgehead atoms. The number of hydrogen-bond acceptors (Lipinski definition) is 2. The molecule has 2 aliphatic rings. The second-order valence-electron chi connectivity index (χ2n) is 5.38. The molecule has 0 spiro atoms. The SMILES string of the molecule is CC(C)CCN1CCC2CCNC2C1.Cl. The van der Waals surface area contributed by atoms with Gasteiger partial charge in [-0.3, -0.25) is 0 Å². The Kier molecular flexibility index (Phi) is 5.37. The smallest absolute Gasteiger partial charge is 0.0224 e. The summed E-state index contributed by atoms with van der Waals surface area (Å²) < 4.78 is 0. The molecule has 2 aliphatic heterocycles. The first-order chi connectivity index (χ1) is 6.75. The fraction of sp³-hybridized carbons (Fsp3) is 1.00. The summed E-state index contributed by atoms with van der Waals surface area (Å²) in [5.74, 6) is 1.84. The lowest BCUT2D eigenvalue weighted by molar-refractivity contribution is 0.160. The van der Waals surface area contributed by atoms with Gasteiger partial charge in [0.05, 0.1) is 0 Å². The molecule has 0 saturated carbocycles. The highest BCUT2D eigenvalue weighted by Gasteiger charge is 2.32. The first kappa shape index (κ1) is 13.3. The third-order valence-corrected chi connectivity index (χ3v) is 3.78. The minimum Gasteiger partial charge on any atom is -0.312 e. The third kappa shape index (κ3) is 3.61. The van der Waals surface area contributed by atoms with E-state index in [1.165, 1.54) is 45.4 Å². The summed E-state index contributed by atoms with van der Waals surface area (Å²) in [5, 5.41) is 3.63. The van der Waals surface area contributed by atoms with E-state index in [9.17, 15) is 0 Å².